The van der Waals surface area contributed by atoms with E-state index < -0.39 is 0 Å². The van der Waals surface area contributed by atoms with Crippen molar-refractivity contribution in [3.05, 3.63) is 42.0 Å². The molecule has 1 atom stereocenters. The summed E-state index contributed by atoms with van der Waals surface area (Å²) in [7, 11) is 0. The Morgan fingerprint density at radius 2 is 1.93 bits per heavy atom. The van der Waals surface area contributed by atoms with Crippen LogP contribution in [0.3, 0.4) is 0 Å². The van der Waals surface area contributed by atoms with Gasteiger partial charge in [0, 0.05) is 18.6 Å². The highest BCUT2D eigenvalue weighted by molar-refractivity contribution is 5.08. The van der Waals surface area contributed by atoms with Crippen LogP contribution in [0.25, 0.3) is 0 Å². The summed E-state index contributed by atoms with van der Waals surface area (Å²) in [5, 5.41) is 0. The summed E-state index contributed by atoms with van der Waals surface area (Å²) in [5.74, 6) is 0.991. The highest BCUT2D eigenvalue weighted by atomic mass is 15.1. The molecule has 0 unspecified atom stereocenters. The molecular formula is C11H14N4. The lowest BCUT2D eigenvalue weighted by Gasteiger charge is -2.13. The van der Waals surface area contributed by atoms with Gasteiger partial charge in [-0.2, -0.15) is 0 Å². The number of rotatable bonds is 2. The van der Waals surface area contributed by atoms with Crippen LogP contribution in [0.5, 0.6) is 0 Å². The third kappa shape index (κ3) is 1.88. The van der Waals surface area contributed by atoms with Crippen molar-refractivity contribution in [3.8, 4) is 0 Å². The molecule has 0 aliphatic rings. The molecule has 4 heteroatoms. The molecule has 2 aromatic heterocycles. The Labute approximate surface area is 89.0 Å². The molecule has 0 aliphatic carbocycles. The molecule has 15 heavy (non-hydrogen) atoms. The van der Waals surface area contributed by atoms with Gasteiger partial charge in [-0.1, -0.05) is 0 Å². The summed E-state index contributed by atoms with van der Waals surface area (Å²) in [6.45, 7) is 6.01. The van der Waals surface area contributed by atoms with Crippen molar-refractivity contribution in [2.45, 2.75) is 26.8 Å². The first-order chi connectivity index (χ1) is 7.18. The Morgan fingerprint density at radius 3 is 2.47 bits per heavy atom. The molecule has 0 amide bonds. The molecule has 4 nitrogen and oxygen atoms in total. The van der Waals surface area contributed by atoms with Crippen molar-refractivity contribution in [2.24, 2.45) is 0 Å². The molecule has 78 valence electrons. The summed E-state index contributed by atoms with van der Waals surface area (Å²) >= 11 is 0. The van der Waals surface area contributed by atoms with Crippen LogP contribution in [0.1, 0.15) is 30.2 Å². The van der Waals surface area contributed by atoms with Gasteiger partial charge in [0.1, 0.15) is 5.82 Å². The van der Waals surface area contributed by atoms with Crippen LogP contribution < -0.4 is 0 Å². The average Bonchev–Trinajstić information content (AvgIpc) is 2.65. The molecular weight excluding hydrogens is 188 g/mol. The molecule has 0 saturated carbocycles. The number of imidazole rings is 1. The average molecular weight is 202 g/mol. The first kappa shape index (κ1) is 9.83. The van der Waals surface area contributed by atoms with Gasteiger partial charge in [-0.15, -0.1) is 0 Å². The quantitative estimate of drug-likeness (QED) is 0.747. The highest BCUT2D eigenvalue weighted by Gasteiger charge is 2.10. The summed E-state index contributed by atoms with van der Waals surface area (Å²) < 4.78 is 2.08. The third-order valence-corrected chi connectivity index (χ3v) is 2.51. The first-order valence-corrected chi connectivity index (χ1v) is 4.96. The van der Waals surface area contributed by atoms with Crippen LogP contribution in [-0.2, 0) is 0 Å². The molecule has 2 aromatic rings. The largest absolute Gasteiger partial charge is 0.326 e. The molecule has 0 radical (unpaired) electrons. The minimum absolute atomic E-state index is 0.181. The van der Waals surface area contributed by atoms with Crippen LogP contribution in [0, 0.1) is 13.8 Å². The Hall–Kier alpha value is -1.71. The lowest BCUT2D eigenvalue weighted by molar-refractivity contribution is 0.598. The number of hydrogen-bond acceptors (Lipinski definition) is 3. The molecule has 2 rings (SSSR count). The summed E-state index contributed by atoms with van der Waals surface area (Å²) in [5.41, 5.74) is 1.90. The van der Waals surface area contributed by atoms with Crippen LogP contribution in [-0.4, -0.2) is 19.5 Å². The number of hydrogen-bond donors (Lipinski definition) is 0. The second-order valence-corrected chi connectivity index (χ2v) is 3.64. The van der Waals surface area contributed by atoms with E-state index in [-0.39, 0.29) is 6.04 Å². The zero-order valence-corrected chi connectivity index (χ0v) is 9.18. The van der Waals surface area contributed by atoms with E-state index in [1.807, 2.05) is 26.2 Å². The van der Waals surface area contributed by atoms with Gasteiger partial charge >= 0.3 is 0 Å². The predicted molar refractivity (Wildman–Crippen MR) is 57.5 cm³/mol. The van der Waals surface area contributed by atoms with Crippen molar-refractivity contribution >= 4 is 0 Å². The molecule has 2 heterocycles. The Balaban J connectivity index is 2.32. The normalized spacial score (nSPS) is 12.7. The maximum Gasteiger partial charge on any atom is 0.106 e. The third-order valence-electron chi connectivity index (χ3n) is 2.51. The van der Waals surface area contributed by atoms with Gasteiger partial charge in [-0.25, -0.2) is 4.98 Å². The van der Waals surface area contributed by atoms with E-state index in [9.17, 15) is 0 Å². The monoisotopic (exact) mass is 202 g/mol. The fourth-order valence-electron chi connectivity index (χ4n) is 1.56. The van der Waals surface area contributed by atoms with Gasteiger partial charge in [0.15, 0.2) is 0 Å². The van der Waals surface area contributed by atoms with E-state index in [1.165, 1.54) is 0 Å². The van der Waals surface area contributed by atoms with Gasteiger partial charge in [-0.05, 0) is 20.8 Å². The maximum atomic E-state index is 4.36. The van der Waals surface area contributed by atoms with E-state index in [1.54, 1.807) is 12.4 Å². The maximum absolute atomic E-state index is 4.36. The molecule has 0 N–H and O–H groups in total. The fourth-order valence-corrected chi connectivity index (χ4v) is 1.56. The van der Waals surface area contributed by atoms with Gasteiger partial charge in [0.25, 0.3) is 0 Å². The molecule has 0 aliphatic heterocycles. The zero-order valence-electron chi connectivity index (χ0n) is 9.18. The molecule has 0 spiro atoms. The molecule has 0 saturated heterocycles. The highest BCUT2D eigenvalue weighted by Crippen LogP contribution is 2.15. The standard InChI is InChI=1S/C11H14N4/c1-8-6-14-11(7-13-8)9(2)15-5-4-12-10(15)3/h4-7,9H,1-3H3/t9-/m0/s1. The SMILES string of the molecule is Cc1cnc([C@H](C)n2ccnc2C)cn1. The van der Waals surface area contributed by atoms with Crippen LogP contribution >= 0.6 is 0 Å². The minimum atomic E-state index is 0.181. The van der Waals surface area contributed by atoms with Crippen molar-refractivity contribution in [3.63, 3.8) is 0 Å². The van der Waals surface area contributed by atoms with E-state index >= 15 is 0 Å². The van der Waals surface area contributed by atoms with Crippen LogP contribution in [0.15, 0.2) is 24.8 Å². The smallest absolute Gasteiger partial charge is 0.106 e. The summed E-state index contributed by atoms with van der Waals surface area (Å²) in [6.07, 6.45) is 7.37. The first-order valence-electron chi connectivity index (χ1n) is 4.96. The second-order valence-electron chi connectivity index (χ2n) is 3.64. The van der Waals surface area contributed by atoms with Crippen molar-refractivity contribution in [1.29, 1.82) is 0 Å². The predicted octanol–water partition coefficient (Wildman–Crippen LogP) is 1.90. The lowest BCUT2D eigenvalue weighted by atomic mass is 10.2. The fraction of sp³-hybridized carbons (Fsp3) is 0.364. The van der Waals surface area contributed by atoms with E-state index in [0.29, 0.717) is 0 Å². The number of nitrogens with zero attached hydrogens (tertiary/aromatic N) is 4. The van der Waals surface area contributed by atoms with Crippen molar-refractivity contribution in [1.82, 2.24) is 19.5 Å². The topological polar surface area (TPSA) is 43.6 Å². The molecule has 0 fully saturated rings. The van der Waals surface area contributed by atoms with Gasteiger partial charge in [0.05, 0.1) is 23.6 Å². The molecule has 0 bridgehead atoms. The summed E-state index contributed by atoms with van der Waals surface area (Å²) in [4.78, 5) is 12.8. The number of aryl methyl sites for hydroxylation is 2. The Kier molecular flexibility index (Phi) is 2.49. The van der Waals surface area contributed by atoms with Gasteiger partial charge < -0.3 is 4.57 Å². The second kappa shape index (κ2) is 3.81. The van der Waals surface area contributed by atoms with Crippen LogP contribution in [0.2, 0.25) is 0 Å². The number of aromatic nitrogens is 4. The van der Waals surface area contributed by atoms with Crippen molar-refractivity contribution < 1.29 is 0 Å². The summed E-state index contributed by atoms with van der Waals surface area (Å²) in [6, 6.07) is 0.181. The Bertz CT molecular complexity index is 444. The van der Waals surface area contributed by atoms with Gasteiger partial charge in [0.2, 0.25) is 0 Å². The van der Waals surface area contributed by atoms with Gasteiger partial charge in [-0.3, -0.25) is 9.97 Å². The zero-order chi connectivity index (χ0) is 10.8. The van der Waals surface area contributed by atoms with Crippen molar-refractivity contribution in [2.75, 3.05) is 0 Å². The minimum Gasteiger partial charge on any atom is -0.326 e. The van der Waals surface area contributed by atoms with E-state index in [0.717, 1.165) is 17.2 Å². The van der Waals surface area contributed by atoms with E-state index in [4.69, 9.17) is 0 Å². The lowest BCUT2D eigenvalue weighted by Crippen LogP contribution is -2.09. The van der Waals surface area contributed by atoms with E-state index in [2.05, 4.69) is 26.4 Å². The molecule has 0 aromatic carbocycles. The Morgan fingerprint density at radius 1 is 1.13 bits per heavy atom. The van der Waals surface area contributed by atoms with Crippen LogP contribution in [0.4, 0.5) is 0 Å².